The molecule has 0 radical (unpaired) electrons. The second-order valence-corrected chi connectivity index (χ2v) is 5.31. The zero-order valence-corrected chi connectivity index (χ0v) is 10.6. The van der Waals surface area contributed by atoms with Gasteiger partial charge in [-0.15, -0.1) is 11.3 Å². The molecule has 4 heteroatoms. The average molecular weight is 284 g/mol. The van der Waals surface area contributed by atoms with Crippen molar-refractivity contribution in [1.29, 1.82) is 0 Å². The minimum absolute atomic E-state index is 0.0551. The lowest BCUT2D eigenvalue weighted by Crippen LogP contribution is -2.18. The Morgan fingerprint density at radius 2 is 2.27 bits per heavy atom. The monoisotopic (exact) mass is 283 g/mol. The van der Waals surface area contributed by atoms with Gasteiger partial charge in [-0.25, -0.2) is 0 Å². The van der Waals surface area contributed by atoms with Crippen LogP contribution in [0.4, 0.5) is 0 Å². The van der Waals surface area contributed by atoms with E-state index in [0.717, 1.165) is 10.0 Å². The molecule has 0 saturated carbocycles. The second kappa shape index (κ2) is 4.33. The summed E-state index contributed by atoms with van der Waals surface area (Å²) in [6, 6.07) is 5.64. The molecule has 15 heavy (non-hydrogen) atoms. The normalized spacial score (nSPS) is 10.5. The first-order chi connectivity index (χ1) is 7.15. The highest BCUT2D eigenvalue weighted by Gasteiger charge is 2.00. The van der Waals surface area contributed by atoms with E-state index in [1.54, 1.807) is 22.0 Å². The van der Waals surface area contributed by atoms with E-state index in [-0.39, 0.29) is 5.56 Å². The van der Waals surface area contributed by atoms with Crippen molar-refractivity contribution < 1.29 is 0 Å². The Morgan fingerprint density at radius 1 is 1.47 bits per heavy atom. The Labute approximate surface area is 100 Å². The molecule has 0 aliphatic heterocycles. The SMILES string of the molecule is Cc1ccn(Cc2cc(Br)cs2)c(=O)c1. The third-order valence-electron chi connectivity index (χ3n) is 2.10. The number of nitrogens with zero attached hydrogens (tertiary/aromatic N) is 1. The van der Waals surface area contributed by atoms with E-state index in [2.05, 4.69) is 15.9 Å². The molecule has 0 amide bonds. The molecule has 0 N–H and O–H groups in total. The molecule has 0 aliphatic rings. The van der Waals surface area contributed by atoms with Gasteiger partial charge in [-0.3, -0.25) is 4.79 Å². The van der Waals surface area contributed by atoms with Crippen molar-refractivity contribution in [3.05, 3.63) is 55.0 Å². The molecule has 0 saturated heterocycles. The van der Waals surface area contributed by atoms with Crippen LogP contribution in [0.5, 0.6) is 0 Å². The smallest absolute Gasteiger partial charge is 0.251 e. The maximum atomic E-state index is 11.6. The van der Waals surface area contributed by atoms with Gasteiger partial charge < -0.3 is 4.57 Å². The highest BCUT2D eigenvalue weighted by Crippen LogP contribution is 2.20. The second-order valence-electron chi connectivity index (χ2n) is 3.40. The first-order valence-electron chi connectivity index (χ1n) is 4.55. The van der Waals surface area contributed by atoms with Gasteiger partial charge in [0.1, 0.15) is 0 Å². The van der Waals surface area contributed by atoms with Crippen LogP contribution in [0.2, 0.25) is 0 Å². The highest BCUT2D eigenvalue weighted by molar-refractivity contribution is 9.10. The van der Waals surface area contributed by atoms with Crippen LogP contribution in [0.3, 0.4) is 0 Å². The molecule has 2 rings (SSSR count). The summed E-state index contributed by atoms with van der Waals surface area (Å²) < 4.78 is 2.79. The zero-order chi connectivity index (χ0) is 10.8. The Bertz CT molecular complexity index is 529. The fourth-order valence-corrected chi connectivity index (χ4v) is 2.79. The van der Waals surface area contributed by atoms with Gasteiger partial charge in [-0.1, -0.05) is 0 Å². The summed E-state index contributed by atoms with van der Waals surface area (Å²) in [5.74, 6) is 0. The van der Waals surface area contributed by atoms with Crippen molar-refractivity contribution in [2.45, 2.75) is 13.5 Å². The minimum atomic E-state index is 0.0551. The molecule has 78 valence electrons. The van der Waals surface area contributed by atoms with E-state index in [0.29, 0.717) is 6.54 Å². The Morgan fingerprint density at radius 3 is 2.87 bits per heavy atom. The summed E-state index contributed by atoms with van der Waals surface area (Å²) >= 11 is 5.05. The molecule has 0 aliphatic carbocycles. The van der Waals surface area contributed by atoms with Gasteiger partial charge >= 0.3 is 0 Å². The zero-order valence-electron chi connectivity index (χ0n) is 8.24. The molecule has 2 aromatic rings. The molecule has 0 fully saturated rings. The van der Waals surface area contributed by atoms with Crippen LogP contribution in [-0.4, -0.2) is 4.57 Å². The predicted molar refractivity (Wildman–Crippen MR) is 66.6 cm³/mol. The lowest BCUT2D eigenvalue weighted by molar-refractivity contribution is 0.767. The fraction of sp³-hybridized carbons (Fsp3) is 0.182. The number of hydrogen-bond donors (Lipinski definition) is 0. The minimum Gasteiger partial charge on any atom is -0.310 e. The molecular weight excluding hydrogens is 274 g/mol. The van der Waals surface area contributed by atoms with Crippen molar-refractivity contribution in [1.82, 2.24) is 4.57 Å². The van der Waals surface area contributed by atoms with Gasteiger partial charge in [-0.2, -0.15) is 0 Å². The number of aryl methyl sites for hydroxylation is 1. The number of pyridine rings is 1. The van der Waals surface area contributed by atoms with Crippen molar-refractivity contribution in [3.8, 4) is 0 Å². The van der Waals surface area contributed by atoms with Gasteiger partial charge in [-0.05, 0) is 40.5 Å². The van der Waals surface area contributed by atoms with E-state index < -0.39 is 0 Å². The summed E-state index contributed by atoms with van der Waals surface area (Å²) in [6.07, 6.45) is 1.84. The molecule has 0 atom stereocenters. The van der Waals surface area contributed by atoms with E-state index in [9.17, 15) is 4.79 Å². The summed E-state index contributed by atoms with van der Waals surface area (Å²) in [7, 11) is 0. The maximum absolute atomic E-state index is 11.6. The lowest BCUT2D eigenvalue weighted by atomic mass is 10.3. The largest absolute Gasteiger partial charge is 0.310 e. The van der Waals surface area contributed by atoms with Crippen LogP contribution in [0, 0.1) is 6.92 Å². The van der Waals surface area contributed by atoms with Crippen LogP contribution in [0.15, 0.2) is 39.0 Å². The Balaban J connectivity index is 2.28. The fourth-order valence-electron chi connectivity index (χ4n) is 1.34. The predicted octanol–water partition coefficient (Wildman–Crippen LogP) is 3.03. The average Bonchev–Trinajstić information content (AvgIpc) is 2.56. The van der Waals surface area contributed by atoms with Crippen LogP contribution < -0.4 is 5.56 Å². The third kappa shape index (κ3) is 2.58. The summed E-state index contributed by atoms with van der Waals surface area (Å²) in [5.41, 5.74) is 1.06. The first kappa shape index (κ1) is 10.6. The summed E-state index contributed by atoms with van der Waals surface area (Å²) in [5, 5.41) is 2.02. The van der Waals surface area contributed by atoms with Gasteiger partial charge in [0.25, 0.3) is 5.56 Å². The van der Waals surface area contributed by atoms with E-state index in [1.165, 1.54) is 4.88 Å². The van der Waals surface area contributed by atoms with Crippen LogP contribution in [0.1, 0.15) is 10.4 Å². The Kier molecular flexibility index (Phi) is 3.07. The topological polar surface area (TPSA) is 22.0 Å². The van der Waals surface area contributed by atoms with Crippen molar-refractivity contribution in [2.24, 2.45) is 0 Å². The molecule has 0 aromatic carbocycles. The van der Waals surface area contributed by atoms with Crippen LogP contribution in [-0.2, 0) is 6.54 Å². The van der Waals surface area contributed by atoms with Gasteiger partial charge in [0, 0.05) is 27.0 Å². The van der Waals surface area contributed by atoms with Gasteiger partial charge in [0.05, 0.1) is 6.54 Å². The first-order valence-corrected chi connectivity index (χ1v) is 6.22. The highest BCUT2D eigenvalue weighted by atomic mass is 79.9. The van der Waals surface area contributed by atoms with E-state index >= 15 is 0 Å². The number of hydrogen-bond acceptors (Lipinski definition) is 2. The maximum Gasteiger partial charge on any atom is 0.251 e. The number of thiophene rings is 1. The molecule has 0 bridgehead atoms. The lowest BCUT2D eigenvalue weighted by Gasteiger charge is -2.03. The van der Waals surface area contributed by atoms with E-state index in [1.807, 2.05) is 30.6 Å². The van der Waals surface area contributed by atoms with E-state index in [4.69, 9.17) is 0 Å². The van der Waals surface area contributed by atoms with Crippen molar-refractivity contribution in [2.75, 3.05) is 0 Å². The number of aromatic nitrogens is 1. The van der Waals surface area contributed by atoms with Crippen molar-refractivity contribution in [3.63, 3.8) is 0 Å². The molecule has 0 unspecified atom stereocenters. The molecule has 2 aromatic heterocycles. The van der Waals surface area contributed by atoms with Gasteiger partial charge in [0.15, 0.2) is 0 Å². The summed E-state index contributed by atoms with van der Waals surface area (Å²) in [6.45, 7) is 2.57. The van der Waals surface area contributed by atoms with Crippen LogP contribution >= 0.6 is 27.3 Å². The third-order valence-corrected chi connectivity index (χ3v) is 3.78. The summed E-state index contributed by atoms with van der Waals surface area (Å²) in [4.78, 5) is 12.8. The molecule has 2 heterocycles. The molecule has 2 nitrogen and oxygen atoms in total. The molecule has 0 spiro atoms. The number of rotatable bonds is 2. The van der Waals surface area contributed by atoms with Crippen LogP contribution in [0.25, 0.3) is 0 Å². The van der Waals surface area contributed by atoms with Gasteiger partial charge in [0.2, 0.25) is 0 Å². The Hall–Kier alpha value is -0.870. The van der Waals surface area contributed by atoms with Crippen molar-refractivity contribution >= 4 is 27.3 Å². The quantitative estimate of drug-likeness (QED) is 0.831. The molecular formula is C11H10BrNOS. The standard InChI is InChI=1S/C11H10BrNOS/c1-8-2-3-13(11(14)4-8)6-10-5-9(12)7-15-10/h2-5,7H,6H2,1H3. The number of halogens is 1.